The first kappa shape index (κ1) is 19.8. The van der Waals surface area contributed by atoms with Crippen molar-refractivity contribution in [1.82, 2.24) is 5.32 Å². The molecule has 26 heavy (non-hydrogen) atoms. The molecule has 3 rings (SSSR count). The van der Waals surface area contributed by atoms with E-state index in [1.807, 2.05) is 0 Å². The summed E-state index contributed by atoms with van der Waals surface area (Å²) in [5.74, 6) is -0.354. The number of hydrogen-bond donors (Lipinski definition) is 3. The molecular formula is C19H22ClN3O3. The average Bonchev–Trinajstić information content (AvgIpc) is 2.63. The quantitative estimate of drug-likeness (QED) is 0.716. The first-order valence-electron chi connectivity index (χ1n) is 8.27. The first-order valence-corrected chi connectivity index (χ1v) is 8.27. The number of nitrogens with two attached hydrogens (primary N) is 1. The molecule has 1 aliphatic rings. The van der Waals surface area contributed by atoms with E-state index in [0.29, 0.717) is 35.7 Å². The molecule has 1 aliphatic heterocycles. The van der Waals surface area contributed by atoms with Gasteiger partial charge in [0.2, 0.25) is 0 Å². The van der Waals surface area contributed by atoms with E-state index < -0.39 is 0 Å². The molecule has 0 spiro atoms. The highest BCUT2D eigenvalue weighted by molar-refractivity contribution is 6.05. The fourth-order valence-electron chi connectivity index (χ4n) is 2.70. The van der Waals surface area contributed by atoms with Crippen LogP contribution in [0.1, 0.15) is 33.6 Å². The van der Waals surface area contributed by atoms with Crippen LogP contribution in [0.3, 0.4) is 0 Å². The topological polar surface area (TPSA) is 93.5 Å². The molecule has 1 heterocycles. The van der Waals surface area contributed by atoms with Gasteiger partial charge in [0.05, 0.1) is 0 Å². The van der Waals surface area contributed by atoms with E-state index in [1.54, 1.807) is 48.5 Å². The van der Waals surface area contributed by atoms with Gasteiger partial charge in [-0.1, -0.05) is 6.07 Å². The van der Waals surface area contributed by atoms with E-state index in [2.05, 4.69) is 10.6 Å². The minimum atomic E-state index is -0.244. The van der Waals surface area contributed by atoms with Gasteiger partial charge in [0, 0.05) is 41.8 Å². The summed E-state index contributed by atoms with van der Waals surface area (Å²) < 4.78 is 5.28. The third-order valence-electron chi connectivity index (χ3n) is 4.11. The van der Waals surface area contributed by atoms with Crippen LogP contribution in [0.15, 0.2) is 48.5 Å². The molecule has 0 saturated carbocycles. The molecule has 2 aromatic rings. The van der Waals surface area contributed by atoms with E-state index in [0.717, 1.165) is 12.8 Å². The van der Waals surface area contributed by atoms with Gasteiger partial charge in [0.25, 0.3) is 11.8 Å². The predicted molar refractivity (Wildman–Crippen MR) is 104 cm³/mol. The highest BCUT2D eigenvalue weighted by Gasteiger charge is 2.17. The molecule has 7 heteroatoms. The SMILES string of the molecule is Cl.Nc1cccc(C(=O)Nc2ccc(C(=O)NC3CCOCC3)cc2)c1. The molecule has 1 saturated heterocycles. The zero-order valence-electron chi connectivity index (χ0n) is 14.2. The minimum absolute atomic E-state index is 0. The number of nitrogen functional groups attached to an aromatic ring is 1. The van der Waals surface area contributed by atoms with Crippen molar-refractivity contribution < 1.29 is 14.3 Å². The van der Waals surface area contributed by atoms with Crippen LogP contribution in [0.5, 0.6) is 0 Å². The summed E-state index contributed by atoms with van der Waals surface area (Å²) in [6, 6.07) is 13.7. The molecule has 0 unspecified atom stereocenters. The van der Waals surface area contributed by atoms with Crippen molar-refractivity contribution in [3.8, 4) is 0 Å². The zero-order valence-corrected chi connectivity index (χ0v) is 15.1. The van der Waals surface area contributed by atoms with Crippen LogP contribution in [0.4, 0.5) is 11.4 Å². The van der Waals surface area contributed by atoms with Gasteiger partial charge in [-0.05, 0) is 55.3 Å². The lowest BCUT2D eigenvalue weighted by atomic mass is 10.1. The van der Waals surface area contributed by atoms with E-state index in [9.17, 15) is 9.59 Å². The summed E-state index contributed by atoms with van der Waals surface area (Å²) in [6.07, 6.45) is 1.67. The van der Waals surface area contributed by atoms with Gasteiger partial charge in [-0.15, -0.1) is 12.4 Å². The Morgan fingerprint density at radius 2 is 1.65 bits per heavy atom. The smallest absolute Gasteiger partial charge is 0.255 e. The number of benzene rings is 2. The Bertz CT molecular complexity index is 759. The third-order valence-corrected chi connectivity index (χ3v) is 4.11. The second-order valence-corrected chi connectivity index (χ2v) is 6.02. The number of nitrogens with one attached hydrogen (secondary N) is 2. The molecule has 1 fully saturated rings. The van der Waals surface area contributed by atoms with Crippen molar-refractivity contribution in [3.05, 3.63) is 59.7 Å². The summed E-state index contributed by atoms with van der Waals surface area (Å²) in [7, 11) is 0. The summed E-state index contributed by atoms with van der Waals surface area (Å²) in [5, 5.41) is 5.80. The van der Waals surface area contributed by atoms with E-state index >= 15 is 0 Å². The van der Waals surface area contributed by atoms with Crippen LogP contribution in [0.25, 0.3) is 0 Å². The lowest BCUT2D eigenvalue weighted by Gasteiger charge is -2.23. The zero-order chi connectivity index (χ0) is 17.6. The molecule has 0 bridgehead atoms. The highest BCUT2D eigenvalue weighted by atomic mass is 35.5. The van der Waals surface area contributed by atoms with Gasteiger partial charge in [-0.3, -0.25) is 9.59 Å². The van der Waals surface area contributed by atoms with Crippen LogP contribution in [-0.4, -0.2) is 31.1 Å². The van der Waals surface area contributed by atoms with Gasteiger partial charge in [-0.2, -0.15) is 0 Å². The summed E-state index contributed by atoms with van der Waals surface area (Å²) >= 11 is 0. The maximum Gasteiger partial charge on any atom is 0.255 e. The molecule has 0 atom stereocenters. The Balaban J connectivity index is 0.00000243. The molecule has 4 N–H and O–H groups in total. The highest BCUT2D eigenvalue weighted by Crippen LogP contribution is 2.14. The lowest BCUT2D eigenvalue weighted by Crippen LogP contribution is -2.38. The third kappa shape index (κ3) is 5.21. The minimum Gasteiger partial charge on any atom is -0.399 e. The fraction of sp³-hybridized carbons (Fsp3) is 0.263. The Hall–Kier alpha value is -2.57. The van der Waals surface area contributed by atoms with Crippen molar-refractivity contribution in [1.29, 1.82) is 0 Å². The van der Waals surface area contributed by atoms with E-state index in [4.69, 9.17) is 10.5 Å². The van der Waals surface area contributed by atoms with Gasteiger partial charge >= 0.3 is 0 Å². The van der Waals surface area contributed by atoms with Crippen molar-refractivity contribution >= 4 is 35.6 Å². The maximum absolute atomic E-state index is 12.3. The number of carbonyl (C=O) groups is 2. The number of carbonyl (C=O) groups excluding carboxylic acids is 2. The largest absolute Gasteiger partial charge is 0.399 e. The number of amides is 2. The van der Waals surface area contributed by atoms with Crippen LogP contribution in [-0.2, 0) is 4.74 Å². The van der Waals surface area contributed by atoms with Crippen LogP contribution in [0.2, 0.25) is 0 Å². The Morgan fingerprint density at radius 3 is 2.31 bits per heavy atom. The second kappa shape index (κ2) is 9.22. The van der Waals surface area contributed by atoms with Crippen molar-refractivity contribution in [2.24, 2.45) is 0 Å². The molecule has 2 amide bonds. The normalized spacial score (nSPS) is 14.2. The average molecular weight is 376 g/mol. The summed E-state index contributed by atoms with van der Waals surface area (Å²) in [4.78, 5) is 24.4. The molecular weight excluding hydrogens is 354 g/mol. The van der Waals surface area contributed by atoms with Gasteiger partial charge in [0.1, 0.15) is 0 Å². The summed E-state index contributed by atoms with van der Waals surface area (Å²) in [6.45, 7) is 1.36. The second-order valence-electron chi connectivity index (χ2n) is 6.02. The fourth-order valence-corrected chi connectivity index (χ4v) is 2.70. The first-order chi connectivity index (χ1) is 12.1. The Labute approximate surface area is 158 Å². The van der Waals surface area contributed by atoms with Gasteiger partial charge in [0.15, 0.2) is 0 Å². The number of hydrogen-bond acceptors (Lipinski definition) is 4. The van der Waals surface area contributed by atoms with Crippen molar-refractivity contribution in [2.45, 2.75) is 18.9 Å². The molecule has 0 aliphatic carbocycles. The molecule has 2 aromatic carbocycles. The lowest BCUT2D eigenvalue weighted by molar-refractivity contribution is 0.0696. The standard InChI is InChI=1S/C19H21N3O3.ClH/c20-15-3-1-2-14(12-15)19(24)21-16-6-4-13(5-7-16)18(23)22-17-8-10-25-11-9-17;/h1-7,12,17H,8-11,20H2,(H,21,24)(H,22,23);1H. The monoisotopic (exact) mass is 375 g/mol. The molecule has 6 nitrogen and oxygen atoms in total. The van der Waals surface area contributed by atoms with E-state index in [1.165, 1.54) is 0 Å². The molecule has 0 radical (unpaired) electrons. The number of halogens is 1. The predicted octanol–water partition coefficient (Wildman–Crippen LogP) is 2.85. The number of anilines is 2. The van der Waals surface area contributed by atoms with Crippen LogP contribution >= 0.6 is 12.4 Å². The van der Waals surface area contributed by atoms with Crippen LogP contribution < -0.4 is 16.4 Å². The summed E-state index contributed by atoms with van der Waals surface area (Å²) in [5.41, 5.74) is 7.89. The molecule has 0 aromatic heterocycles. The van der Waals surface area contributed by atoms with Crippen LogP contribution in [0, 0.1) is 0 Å². The van der Waals surface area contributed by atoms with Gasteiger partial charge in [-0.25, -0.2) is 0 Å². The number of ether oxygens (including phenoxy) is 1. The van der Waals surface area contributed by atoms with Crippen molar-refractivity contribution in [3.63, 3.8) is 0 Å². The van der Waals surface area contributed by atoms with Gasteiger partial charge < -0.3 is 21.1 Å². The maximum atomic E-state index is 12.3. The Kier molecular flexibility index (Phi) is 7.00. The Morgan fingerprint density at radius 1 is 0.962 bits per heavy atom. The molecule has 138 valence electrons. The number of rotatable bonds is 4. The van der Waals surface area contributed by atoms with Crippen molar-refractivity contribution in [2.75, 3.05) is 24.3 Å². The van der Waals surface area contributed by atoms with E-state index in [-0.39, 0.29) is 30.3 Å².